The third kappa shape index (κ3) is 5.47. The Hall–Kier alpha value is -3.93. The maximum Gasteiger partial charge on any atom is 0.224 e. The van der Waals surface area contributed by atoms with Gasteiger partial charge in [-0.05, 0) is 34.9 Å². The Morgan fingerprint density at radius 2 is 1.70 bits per heavy atom. The number of aromatic nitrogens is 3. The van der Waals surface area contributed by atoms with E-state index in [1.807, 2.05) is 42.6 Å². The Morgan fingerprint density at radius 3 is 2.39 bits per heavy atom. The van der Waals surface area contributed by atoms with Crippen molar-refractivity contribution in [1.82, 2.24) is 20.3 Å². The van der Waals surface area contributed by atoms with Crippen LogP contribution in [0.1, 0.15) is 36.7 Å². The maximum atomic E-state index is 13.8. The third-order valence-corrected chi connectivity index (χ3v) is 5.34. The average Bonchev–Trinajstić information content (AvgIpc) is 2.84. The molecule has 0 fully saturated rings. The number of carbonyl (C=O) groups is 1. The summed E-state index contributed by atoms with van der Waals surface area (Å²) in [6.45, 7) is 4.50. The van der Waals surface area contributed by atoms with Crippen LogP contribution in [0.3, 0.4) is 0 Å². The molecule has 0 bridgehead atoms. The molecule has 2 aromatic heterocycles. The highest BCUT2D eigenvalue weighted by molar-refractivity contribution is 5.80. The molecule has 33 heavy (non-hydrogen) atoms. The van der Waals surface area contributed by atoms with E-state index in [9.17, 15) is 9.18 Å². The first kappa shape index (κ1) is 22.3. The SMILES string of the molecule is CC(C)c1ncc(-c2ccncc2)c(-c2ccc(CNC(=O)Cc3ccccc3F)cc2)n1. The molecule has 1 amide bonds. The summed E-state index contributed by atoms with van der Waals surface area (Å²) in [4.78, 5) is 25.7. The van der Waals surface area contributed by atoms with Gasteiger partial charge in [-0.15, -0.1) is 0 Å². The monoisotopic (exact) mass is 440 g/mol. The Labute approximate surface area is 192 Å². The van der Waals surface area contributed by atoms with Gasteiger partial charge in [0.2, 0.25) is 5.91 Å². The molecule has 0 aliphatic rings. The topological polar surface area (TPSA) is 67.8 Å². The molecular weight excluding hydrogens is 415 g/mol. The van der Waals surface area contributed by atoms with Crippen molar-refractivity contribution >= 4 is 5.91 Å². The normalized spacial score (nSPS) is 10.9. The largest absolute Gasteiger partial charge is 0.352 e. The quantitative estimate of drug-likeness (QED) is 0.422. The zero-order chi connectivity index (χ0) is 23.2. The number of carbonyl (C=O) groups excluding carboxylic acids is 1. The Morgan fingerprint density at radius 1 is 0.970 bits per heavy atom. The lowest BCUT2D eigenvalue weighted by molar-refractivity contribution is -0.120. The third-order valence-electron chi connectivity index (χ3n) is 5.34. The van der Waals surface area contributed by atoms with Gasteiger partial charge in [-0.3, -0.25) is 9.78 Å². The van der Waals surface area contributed by atoms with E-state index in [2.05, 4.69) is 29.1 Å². The standard InChI is InChI=1S/C27H25FN4O/c1-18(2)27-31-17-23(20-11-13-29-14-12-20)26(32-27)21-9-7-19(8-10-21)16-30-25(33)15-22-5-3-4-6-24(22)28/h3-14,17-18H,15-16H2,1-2H3,(H,30,33). The van der Waals surface area contributed by atoms with Gasteiger partial charge in [0.1, 0.15) is 11.6 Å². The van der Waals surface area contributed by atoms with Crippen LogP contribution in [0.5, 0.6) is 0 Å². The van der Waals surface area contributed by atoms with Crippen molar-refractivity contribution in [2.75, 3.05) is 0 Å². The molecule has 0 aliphatic carbocycles. The zero-order valence-electron chi connectivity index (χ0n) is 18.6. The summed E-state index contributed by atoms with van der Waals surface area (Å²) in [5, 5.41) is 2.86. The second kappa shape index (κ2) is 10.1. The highest BCUT2D eigenvalue weighted by atomic mass is 19.1. The minimum absolute atomic E-state index is 0.0129. The van der Waals surface area contributed by atoms with E-state index in [0.29, 0.717) is 12.1 Å². The Balaban J connectivity index is 1.51. The van der Waals surface area contributed by atoms with Crippen LogP contribution in [0.25, 0.3) is 22.4 Å². The summed E-state index contributed by atoms with van der Waals surface area (Å²) in [6, 6.07) is 18.1. The molecule has 166 valence electrons. The lowest BCUT2D eigenvalue weighted by Crippen LogP contribution is -2.24. The molecule has 0 saturated heterocycles. The Bertz CT molecular complexity index is 1240. The van der Waals surface area contributed by atoms with Gasteiger partial charge >= 0.3 is 0 Å². The summed E-state index contributed by atoms with van der Waals surface area (Å²) < 4.78 is 13.8. The van der Waals surface area contributed by atoms with E-state index in [1.165, 1.54) is 6.07 Å². The van der Waals surface area contributed by atoms with Crippen molar-refractivity contribution in [2.24, 2.45) is 0 Å². The fourth-order valence-corrected chi connectivity index (χ4v) is 3.49. The number of nitrogens with one attached hydrogen (secondary N) is 1. The van der Waals surface area contributed by atoms with E-state index in [4.69, 9.17) is 4.98 Å². The Kier molecular flexibility index (Phi) is 6.83. The summed E-state index contributed by atoms with van der Waals surface area (Å²) in [5.74, 6) is 0.403. The second-order valence-corrected chi connectivity index (χ2v) is 8.12. The van der Waals surface area contributed by atoms with Gasteiger partial charge in [-0.2, -0.15) is 0 Å². The van der Waals surface area contributed by atoms with Gasteiger partial charge in [0.15, 0.2) is 0 Å². The fourth-order valence-electron chi connectivity index (χ4n) is 3.49. The molecule has 2 heterocycles. The molecule has 0 aliphatic heterocycles. The van der Waals surface area contributed by atoms with Crippen molar-refractivity contribution in [2.45, 2.75) is 32.7 Å². The van der Waals surface area contributed by atoms with Crippen LogP contribution in [-0.2, 0) is 17.8 Å². The van der Waals surface area contributed by atoms with Crippen LogP contribution in [0.15, 0.2) is 79.3 Å². The number of amides is 1. The van der Waals surface area contributed by atoms with Crippen molar-refractivity contribution in [3.05, 3.63) is 102 Å². The van der Waals surface area contributed by atoms with E-state index in [1.54, 1.807) is 30.6 Å². The lowest BCUT2D eigenvalue weighted by Gasteiger charge is -2.13. The molecule has 0 saturated carbocycles. The molecule has 1 N–H and O–H groups in total. The summed E-state index contributed by atoms with van der Waals surface area (Å²) in [7, 11) is 0. The minimum Gasteiger partial charge on any atom is -0.352 e. The van der Waals surface area contributed by atoms with Gasteiger partial charge in [0.25, 0.3) is 0 Å². The molecule has 6 heteroatoms. The lowest BCUT2D eigenvalue weighted by atomic mass is 10.00. The molecule has 0 atom stereocenters. The first-order chi connectivity index (χ1) is 16.0. The van der Waals surface area contributed by atoms with Gasteiger partial charge in [-0.1, -0.05) is 56.3 Å². The van der Waals surface area contributed by atoms with Gasteiger partial charge in [-0.25, -0.2) is 14.4 Å². The van der Waals surface area contributed by atoms with Crippen LogP contribution in [0.4, 0.5) is 4.39 Å². The molecule has 2 aromatic carbocycles. The molecule has 0 unspecified atom stereocenters. The number of hydrogen-bond donors (Lipinski definition) is 1. The summed E-state index contributed by atoms with van der Waals surface area (Å²) in [5.41, 5.74) is 5.10. The van der Waals surface area contributed by atoms with Gasteiger partial charge < -0.3 is 5.32 Å². The van der Waals surface area contributed by atoms with Crippen LogP contribution in [0.2, 0.25) is 0 Å². The number of rotatable bonds is 7. The summed E-state index contributed by atoms with van der Waals surface area (Å²) in [6.07, 6.45) is 5.38. The van der Waals surface area contributed by atoms with Gasteiger partial charge in [0, 0.05) is 42.2 Å². The molecule has 0 spiro atoms. The number of nitrogens with zero attached hydrogens (tertiary/aromatic N) is 3. The van der Waals surface area contributed by atoms with Crippen LogP contribution in [0, 0.1) is 5.82 Å². The number of hydrogen-bond acceptors (Lipinski definition) is 4. The molecule has 5 nitrogen and oxygen atoms in total. The highest BCUT2D eigenvalue weighted by Crippen LogP contribution is 2.31. The predicted molar refractivity (Wildman–Crippen MR) is 127 cm³/mol. The van der Waals surface area contributed by atoms with E-state index < -0.39 is 0 Å². The zero-order valence-corrected chi connectivity index (χ0v) is 18.6. The average molecular weight is 441 g/mol. The fraction of sp³-hybridized carbons (Fsp3) is 0.185. The van der Waals surface area contributed by atoms with Crippen molar-refractivity contribution < 1.29 is 9.18 Å². The van der Waals surface area contributed by atoms with E-state index in [0.717, 1.165) is 33.8 Å². The smallest absolute Gasteiger partial charge is 0.224 e. The van der Waals surface area contributed by atoms with Crippen LogP contribution < -0.4 is 5.32 Å². The molecule has 0 radical (unpaired) electrons. The van der Waals surface area contributed by atoms with Crippen LogP contribution in [-0.4, -0.2) is 20.9 Å². The maximum absolute atomic E-state index is 13.8. The van der Waals surface area contributed by atoms with Crippen LogP contribution >= 0.6 is 0 Å². The number of halogens is 1. The number of benzene rings is 2. The first-order valence-electron chi connectivity index (χ1n) is 10.9. The summed E-state index contributed by atoms with van der Waals surface area (Å²) >= 11 is 0. The number of pyridine rings is 1. The molecule has 4 rings (SSSR count). The van der Waals surface area contributed by atoms with E-state index >= 15 is 0 Å². The molecule has 4 aromatic rings. The highest BCUT2D eigenvalue weighted by Gasteiger charge is 2.14. The van der Waals surface area contributed by atoms with Crippen molar-refractivity contribution in [1.29, 1.82) is 0 Å². The van der Waals surface area contributed by atoms with Crippen molar-refractivity contribution in [3.63, 3.8) is 0 Å². The minimum atomic E-state index is -0.368. The predicted octanol–water partition coefficient (Wildman–Crippen LogP) is 5.33. The van der Waals surface area contributed by atoms with Crippen molar-refractivity contribution in [3.8, 4) is 22.4 Å². The first-order valence-corrected chi connectivity index (χ1v) is 10.9. The van der Waals surface area contributed by atoms with E-state index in [-0.39, 0.29) is 24.1 Å². The molecular formula is C27H25FN4O. The second-order valence-electron chi connectivity index (χ2n) is 8.12. The van der Waals surface area contributed by atoms with Gasteiger partial charge in [0.05, 0.1) is 12.1 Å².